The minimum atomic E-state index is 0.242. The van der Waals surface area contributed by atoms with Crippen molar-refractivity contribution in [3.8, 4) is 0 Å². The zero-order chi connectivity index (χ0) is 12.1. The fourth-order valence-electron chi connectivity index (χ4n) is 1.01. The topological polar surface area (TPSA) is 86.3 Å². The highest BCUT2D eigenvalue weighted by atomic mass is 16.5. The first-order chi connectivity index (χ1) is 7.81. The molecule has 0 bridgehead atoms. The van der Waals surface area contributed by atoms with Crippen LogP contribution in [0.1, 0.15) is 19.3 Å². The molecule has 0 aliphatic carbocycles. The maximum Gasteiger partial charge on any atom is 0.139 e. The summed E-state index contributed by atoms with van der Waals surface area (Å²) in [4.78, 5) is 0. The summed E-state index contributed by atoms with van der Waals surface area (Å²) in [6.45, 7) is 3.22. The van der Waals surface area contributed by atoms with Crippen LogP contribution in [-0.4, -0.2) is 51.2 Å². The lowest BCUT2D eigenvalue weighted by molar-refractivity contribution is 0.0512. The fraction of sp³-hybridized carbons (Fsp3) is 0.900. The SMILES string of the molecule is COCCOCCCOCCCC(N)=NO. The van der Waals surface area contributed by atoms with Crippen LogP contribution in [-0.2, 0) is 14.2 Å². The molecule has 0 heterocycles. The van der Waals surface area contributed by atoms with Crippen molar-refractivity contribution >= 4 is 5.84 Å². The van der Waals surface area contributed by atoms with Crippen LogP contribution < -0.4 is 5.73 Å². The van der Waals surface area contributed by atoms with E-state index in [0.29, 0.717) is 39.5 Å². The van der Waals surface area contributed by atoms with E-state index in [2.05, 4.69) is 5.16 Å². The molecule has 0 saturated heterocycles. The number of hydrogen-bond acceptors (Lipinski definition) is 5. The zero-order valence-electron chi connectivity index (χ0n) is 9.85. The van der Waals surface area contributed by atoms with Crippen LogP contribution in [0.5, 0.6) is 0 Å². The molecule has 0 aliphatic heterocycles. The standard InChI is InChI=1S/C10H22N2O4/c1-14-8-9-16-7-3-6-15-5-2-4-10(11)12-13/h13H,2-9H2,1H3,(H2,11,12). The van der Waals surface area contributed by atoms with Crippen molar-refractivity contribution in [3.05, 3.63) is 0 Å². The summed E-state index contributed by atoms with van der Waals surface area (Å²) >= 11 is 0. The van der Waals surface area contributed by atoms with Gasteiger partial charge in [-0.05, 0) is 12.8 Å². The van der Waals surface area contributed by atoms with E-state index < -0.39 is 0 Å². The molecule has 0 fully saturated rings. The lowest BCUT2D eigenvalue weighted by Gasteiger charge is -2.05. The maximum atomic E-state index is 8.27. The highest BCUT2D eigenvalue weighted by Crippen LogP contribution is 1.92. The Morgan fingerprint density at radius 3 is 2.31 bits per heavy atom. The van der Waals surface area contributed by atoms with Crippen molar-refractivity contribution < 1.29 is 19.4 Å². The number of hydrogen-bond donors (Lipinski definition) is 2. The van der Waals surface area contributed by atoms with Gasteiger partial charge in [0, 0.05) is 33.4 Å². The summed E-state index contributed by atoms with van der Waals surface area (Å²) < 4.78 is 15.4. The maximum absolute atomic E-state index is 8.27. The molecule has 0 aromatic rings. The van der Waals surface area contributed by atoms with Gasteiger partial charge in [-0.25, -0.2) is 0 Å². The van der Waals surface area contributed by atoms with E-state index in [1.165, 1.54) is 0 Å². The number of ether oxygens (including phenoxy) is 3. The molecular formula is C10H22N2O4. The Bertz CT molecular complexity index is 176. The second-order valence-electron chi connectivity index (χ2n) is 3.27. The summed E-state index contributed by atoms with van der Waals surface area (Å²) in [6.07, 6.45) is 2.19. The second-order valence-corrected chi connectivity index (χ2v) is 3.27. The van der Waals surface area contributed by atoms with E-state index in [4.69, 9.17) is 25.2 Å². The summed E-state index contributed by atoms with van der Waals surface area (Å²) in [5.74, 6) is 0.242. The molecule has 0 saturated carbocycles. The van der Waals surface area contributed by atoms with Gasteiger partial charge < -0.3 is 25.2 Å². The molecule has 0 radical (unpaired) electrons. The Morgan fingerprint density at radius 1 is 1.06 bits per heavy atom. The molecule has 0 rings (SSSR count). The van der Waals surface area contributed by atoms with Gasteiger partial charge in [-0.3, -0.25) is 0 Å². The van der Waals surface area contributed by atoms with Gasteiger partial charge in [-0.1, -0.05) is 5.16 Å². The molecule has 0 aliphatic rings. The van der Waals surface area contributed by atoms with Crippen LogP contribution in [0.15, 0.2) is 5.16 Å². The van der Waals surface area contributed by atoms with Gasteiger partial charge in [-0.15, -0.1) is 0 Å². The largest absolute Gasteiger partial charge is 0.409 e. The zero-order valence-corrected chi connectivity index (χ0v) is 9.85. The summed E-state index contributed by atoms with van der Waals surface area (Å²) in [5.41, 5.74) is 5.29. The van der Waals surface area contributed by atoms with Crippen molar-refractivity contribution in [2.45, 2.75) is 19.3 Å². The van der Waals surface area contributed by atoms with Gasteiger partial charge in [0.25, 0.3) is 0 Å². The molecule has 6 nitrogen and oxygen atoms in total. The minimum absolute atomic E-state index is 0.242. The molecule has 0 spiro atoms. The first-order valence-electron chi connectivity index (χ1n) is 5.42. The molecule has 0 atom stereocenters. The first-order valence-corrected chi connectivity index (χ1v) is 5.42. The van der Waals surface area contributed by atoms with E-state index in [0.717, 1.165) is 12.8 Å². The average molecular weight is 234 g/mol. The Hall–Kier alpha value is -0.850. The Balaban J connectivity index is 2.99. The Morgan fingerprint density at radius 2 is 1.69 bits per heavy atom. The number of methoxy groups -OCH3 is 1. The number of rotatable bonds is 11. The summed E-state index contributed by atoms with van der Waals surface area (Å²) in [5, 5.41) is 11.1. The van der Waals surface area contributed by atoms with Crippen molar-refractivity contribution in [2.24, 2.45) is 10.9 Å². The summed E-state index contributed by atoms with van der Waals surface area (Å²) in [6, 6.07) is 0. The number of amidine groups is 1. The normalized spacial score (nSPS) is 11.9. The monoisotopic (exact) mass is 234 g/mol. The molecule has 0 amide bonds. The molecule has 0 aromatic carbocycles. The fourth-order valence-corrected chi connectivity index (χ4v) is 1.01. The highest BCUT2D eigenvalue weighted by molar-refractivity contribution is 5.79. The van der Waals surface area contributed by atoms with E-state index in [-0.39, 0.29) is 5.84 Å². The molecule has 6 heteroatoms. The van der Waals surface area contributed by atoms with Gasteiger partial charge in [0.1, 0.15) is 5.84 Å². The van der Waals surface area contributed by atoms with Gasteiger partial charge in [0.15, 0.2) is 0 Å². The van der Waals surface area contributed by atoms with Crippen molar-refractivity contribution in [1.29, 1.82) is 0 Å². The quantitative estimate of drug-likeness (QED) is 0.179. The summed E-state index contributed by atoms with van der Waals surface area (Å²) in [7, 11) is 1.65. The third-order valence-corrected chi connectivity index (χ3v) is 1.86. The molecule has 0 unspecified atom stereocenters. The molecule has 0 aromatic heterocycles. The number of nitrogens with two attached hydrogens (primary N) is 1. The van der Waals surface area contributed by atoms with Crippen LogP contribution in [0.25, 0.3) is 0 Å². The Labute approximate surface area is 96.3 Å². The van der Waals surface area contributed by atoms with Gasteiger partial charge in [0.05, 0.1) is 13.2 Å². The van der Waals surface area contributed by atoms with Gasteiger partial charge in [-0.2, -0.15) is 0 Å². The van der Waals surface area contributed by atoms with Crippen molar-refractivity contribution in [2.75, 3.05) is 40.1 Å². The van der Waals surface area contributed by atoms with Gasteiger partial charge >= 0.3 is 0 Å². The van der Waals surface area contributed by atoms with Crippen molar-refractivity contribution in [1.82, 2.24) is 0 Å². The Kier molecular flexibility index (Phi) is 11.6. The average Bonchev–Trinajstić information content (AvgIpc) is 2.31. The lowest BCUT2D eigenvalue weighted by atomic mass is 10.3. The van der Waals surface area contributed by atoms with Crippen molar-refractivity contribution in [3.63, 3.8) is 0 Å². The second kappa shape index (κ2) is 12.2. The van der Waals surface area contributed by atoms with Crippen LogP contribution in [0.2, 0.25) is 0 Å². The molecule has 96 valence electrons. The molecule has 16 heavy (non-hydrogen) atoms. The van der Waals surface area contributed by atoms with Gasteiger partial charge in [0.2, 0.25) is 0 Å². The number of nitrogens with zero attached hydrogens (tertiary/aromatic N) is 1. The molecule has 3 N–H and O–H groups in total. The minimum Gasteiger partial charge on any atom is -0.409 e. The third-order valence-electron chi connectivity index (χ3n) is 1.86. The predicted octanol–water partition coefficient (Wildman–Crippen LogP) is 0.583. The van der Waals surface area contributed by atoms with Crippen LogP contribution >= 0.6 is 0 Å². The highest BCUT2D eigenvalue weighted by Gasteiger charge is 1.94. The predicted molar refractivity (Wildman–Crippen MR) is 60.8 cm³/mol. The first kappa shape index (κ1) is 15.2. The van der Waals surface area contributed by atoms with E-state index in [9.17, 15) is 0 Å². The smallest absolute Gasteiger partial charge is 0.139 e. The van der Waals surface area contributed by atoms with E-state index >= 15 is 0 Å². The van der Waals surface area contributed by atoms with Crippen LogP contribution in [0, 0.1) is 0 Å². The lowest BCUT2D eigenvalue weighted by Crippen LogP contribution is -2.12. The van der Waals surface area contributed by atoms with E-state index in [1.54, 1.807) is 7.11 Å². The van der Waals surface area contributed by atoms with Crippen LogP contribution in [0.4, 0.5) is 0 Å². The van der Waals surface area contributed by atoms with E-state index in [1.807, 2.05) is 0 Å². The molecular weight excluding hydrogens is 212 g/mol. The van der Waals surface area contributed by atoms with Crippen LogP contribution in [0.3, 0.4) is 0 Å². The third kappa shape index (κ3) is 11.2. The number of oxime groups is 1.